The predicted molar refractivity (Wildman–Crippen MR) is 59.5 cm³/mol. The molecule has 0 fully saturated rings. The van der Waals surface area contributed by atoms with Gasteiger partial charge in [-0.1, -0.05) is 0 Å². The van der Waals surface area contributed by atoms with E-state index in [1.807, 2.05) is 19.1 Å². The predicted octanol–water partition coefficient (Wildman–Crippen LogP) is 1.91. The van der Waals surface area contributed by atoms with Crippen LogP contribution in [0.25, 0.3) is 0 Å². The van der Waals surface area contributed by atoms with Gasteiger partial charge in [0.2, 0.25) is 0 Å². The van der Waals surface area contributed by atoms with Gasteiger partial charge in [-0.3, -0.25) is 0 Å². The molecular weight excluding hydrogens is 208 g/mol. The lowest BCUT2D eigenvalue weighted by molar-refractivity contribution is 1.04. The van der Waals surface area contributed by atoms with Crippen molar-refractivity contribution in [1.29, 1.82) is 0 Å². The second-order valence-corrected chi connectivity index (χ2v) is 4.07. The lowest BCUT2D eigenvalue weighted by Crippen LogP contribution is -1.93. The molecule has 5 heteroatoms. The molecule has 2 aromatic heterocycles. The van der Waals surface area contributed by atoms with Crippen molar-refractivity contribution in [2.75, 3.05) is 5.73 Å². The molecule has 0 unspecified atom stereocenters. The molecule has 0 saturated carbocycles. The molecule has 15 heavy (non-hydrogen) atoms. The summed E-state index contributed by atoms with van der Waals surface area (Å²) in [6.07, 6.45) is 4.99. The Kier molecular flexibility index (Phi) is 2.82. The molecule has 2 rings (SSSR count). The minimum absolute atomic E-state index is 0.679. The highest BCUT2D eigenvalue weighted by molar-refractivity contribution is 7.99. The van der Waals surface area contributed by atoms with Crippen LogP contribution in [0.1, 0.15) is 5.56 Å². The van der Waals surface area contributed by atoms with Gasteiger partial charge in [-0.15, -0.1) is 0 Å². The van der Waals surface area contributed by atoms with Crippen molar-refractivity contribution in [1.82, 2.24) is 15.0 Å². The molecule has 0 aliphatic rings. The van der Waals surface area contributed by atoms with E-state index in [9.17, 15) is 0 Å². The lowest BCUT2D eigenvalue weighted by atomic mass is 10.3. The number of hydrogen-bond donors (Lipinski definition) is 1. The van der Waals surface area contributed by atoms with Gasteiger partial charge >= 0.3 is 0 Å². The van der Waals surface area contributed by atoms with E-state index in [-0.39, 0.29) is 0 Å². The van der Waals surface area contributed by atoms with E-state index in [1.165, 1.54) is 18.1 Å². The third kappa shape index (κ3) is 2.44. The summed E-state index contributed by atoms with van der Waals surface area (Å²) in [5, 5.41) is 1.62. The van der Waals surface area contributed by atoms with Crippen LogP contribution in [0.4, 0.5) is 5.69 Å². The van der Waals surface area contributed by atoms with Crippen LogP contribution in [-0.4, -0.2) is 15.0 Å². The van der Waals surface area contributed by atoms with Crippen molar-refractivity contribution in [2.24, 2.45) is 0 Å². The zero-order chi connectivity index (χ0) is 10.7. The van der Waals surface area contributed by atoms with Crippen molar-refractivity contribution in [3.63, 3.8) is 0 Å². The summed E-state index contributed by atoms with van der Waals surface area (Å²) < 4.78 is 0. The van der Waals surface area contributed by atoms with Crippen LogP contribution >= 0.6 is 11.8 Å². The quantitative estimate of drug-likeness (QED) is 0.780. The molecule has 0 spiro atoms. The van der Waals surface area contributed by atoms with Gasteiger partial charge in [0.25, 0.3) is 0 Å². The average molecular weight is 218 g/mol. The van der Waals surface area contributed by atoms with Crippen LogP contribution in [0.2, 0.25) is 0 Å². The van der Waals surface area contributed by atoms with E-state index < -0.39 is 0 Å². The van der Waals surface area contributed by atoms with Gasteiger partial charge in [-0.05, 0) is 36.4 Å². The molecule has 0 aromatic carbocycles. The normalized spacial score (nSPS) is 10.2. The number of nitrogens with zero attached hydrogens (tertiary/aromatic N) is 3. The van der Waals surface area contributed by atoms with E-state index >= 15 is 0 Å². The fourth-order valence-electron chi connectivity index (χ4n) is 1.10. The first kappa shape index (κ1) is 9.92. The number of aromatic nitrogens is 3. The lowest BCUT2D eigenvalue weighted by Gasteiger charge is -2.03. The van der Waals surface area contributed by atoms with Gasteiger partial charge in [-0.2, -0.15) is 0 Å². The second kappa shape index (κ2) is 4.27. The van der Waals surface area contributed by atoms with Crippen molar-refractivity contribution < 1.29 is 0 Å². The SMILES string of the molecule is Cc1cnc(Sc2ccncn2)c(N)c1. The Morgan fingerprint density at radius 3 is 2.87 bits per heavy atom. The van der Waals surface area contributed by atoms with E-state index in [4.69, 9.17) is 5.73 Å². The third-order valence-electron chi connectivity index (χ3n) is 1.77. The van der Waals surface area contributed by atoms with Crippen LogP contribution in [0.3, 0.4) is 0 Å². The molecule has 0 saturated heterocycles. The van der Waals surface area contributed by atoms with Gasteiger partial charge in [0, 0.05) is 12.4 Å². The van der Waals surface area contributed by atoms with Crippen LogP contribution in [-0.2, 0) is 0 Å². The van der Waals surface area contributed by atoms with Crippen LogP contribution < -0.4 is 5.73 Å². The number of rotatable bonds is 2. The fraction of sp³-hybridized carbons (Fsp3) is 0.100. The van der Waals surface area contributed by atoms with Crippen molar-refractivity contribution in [2.45, 2.75) is 17.0 Å². The second-order valence-electron chi connectivity index (χ2n) is 3.06. The maximum Gasteiger partial charge on any atom is 0.125 e. The topological polar surface area (TPSA) is 64.7 Å². The molecule has 76 valence electrons. The zero-order valence-corrected chi connectivity index (χ0v) is 9.03. The van der Waals surface area contributed by atoms with Crippen molar-refractivity contribution in [3.05, 3.63) is 36.4 Å². The van der Waals surface area contributed by atoms with Gasteiger partial charge in [0.05, 0.1) is 5.69 Å². The summed E-state index contributed by atoms with van der Waals surface area (Å²) in [5.41, 5.74) is 7.58. The first-order valence-electron chi connectivity index (χ1n) is 4.41. The maximum atomic E-state index is 5.84. The molecule has 0 atom stereocenters. The molecule has 2 aromatic rings. The first-order chi connectivity index (χ1) is 7.25. The Morgan fingerprint density at radius 1 is 1.33 bits per heavy atom. The molecule has 0 radical (unpaired) electrons. The Bertz CT molecular complexity index is 458. The van der Waals surface area contributed by atoms with Crippen LogP contribution in [0.15, 0.2) is 40.9 Å². The highest BCUT2D eigenvalue weighted by Crippen LogP contribution is 2.28. The highest BCUT2D eigenvalue weighted by Gasteiger charge is 2.04. The Morgan fingerprint density at radius 2 is 2.20 bits per heavy atom. The van der Waals surface area contributed by atoms with E-state index in [0.717, 1.165) is 15.6 Å². The maximum absolute atomic E-state index is 5.84. The number of nitrogen functional groups attached to an aromatic ring is 1. The fourth-order valence-corrected chi connectivity index (χ4v) is 1.81. The van der Waals surface area contributed by atoms with E-state index in [1.54, 1.807) is 12.4 Å². The van der Waals surface area contributed by atoms with Gasteiger partial charge in [-0.25, -0.2) is 15.0 Å². The Hall–Kier alpha value is -1.62. The zero-order valence-electron chi connectivity index (χ0n) is 8.21. The summed E-state index contributed by atoms with van der Waals surface area (Å²) in [6, 6.07) is 3.72. The monoisotopic (exact) mass is 218 g/mol. The van der Waals surface area contributed by atoms with Gasteiger partial charge in [0.15, 0.2) is 0 Å². The van der Waals surface area contributed by atoms with Crippen molar-refractivity contribution >= 4 is 17.4 Å². The smallest absolute Gasteiger partial charge is 0.125 e. The molecule has 0 bridgehead atoms. The molecule has 0 aliphatic carbocycles. The number of pyridine rings is 1. The Balaban J connectivity index is 2.25. The number of anilines is 1. The van der Waals surface area contributed by atoms with E-state index in [0.29, 0.717) is 5.69 Å². The molecular formula is C10H10N4S. The summed E-state index contributed by atoms with van der Waals surface area (Å²) in [5.74, 6) is 0. The van der Waals surface area contributed by atoms with Crippen LogP contribution in [0, 0.1) is 6.92 Å². The largest absolute Gasteiger partial charge is 0.397 e. The summed E-state index contributed by atoms with van der Waals surface area (Å²) in [6.45, 7) is 1.96. The highest BCUT2D eigenvalue weighted by atomic mass is 32.2. The third-order valence-corrected chi connectivity index (χ3v) is 2.76. The first-order valence-corrected chi connectivity index (χ1v) is 5.23. The summed E-state index contributed by atoms with van der Waals surface area (Å²) >= 11 is 1.44. The number of nitrogens with two attached hydrogens (primary N) is 1. The molecule has 2 N–H and O–H groups in total. The van der Waals surface area contributed by atoms with Crippen LogP contribution in [0.5, 0.6) is 0 Å². The van der Waals surface area contributed by atoms with Gasteiger partial charge in [0.1, 0.15) is 16.4 Å². The Labute approximate surface area is 92.0 Å². The average Bonchev–Trinajstić information content (AvgIpc) is 2.24. The number of hydrogen-bond acceptors (Lipinski definition) is 5. The minimum atomic E-state index is 0.679. The summed E-state index contributed by atoms with van der Waals surface area (Å²) in [4.78, 5) is 12.2. The molecule has 2 heterocycles. The molecule has 0 amide bonds. The van der Waals surface area contributed by atoms with E-state index in [2.05, 4.69) is 15.0 Å². The standard InChI is InChI=1S/C10H10N4S/c1-7-4-8(11)10(13-5-7)15-9-2-3-12-6-14-9/h2-6H,11H2,1H3. The van der Waals surface area contributed by atoms with Gasteiger partial charge < -0.3 is 5.73 Å². The minimum Gasteiger partial charge on any atom is -0.397 e. The number of aryl methyl sites for hydroxylation is 1. The van der Waals surface area contributed by atoms with Crippen molar-refractivity contribution in [3.8, 4) is 0 Å². The summed E-state index contributed by atoms with van der Waals surface area (Å²) in [7, 11) is 0. The molecule has 0 aliphatic heterocycles. The molecule has 4 nitrogen and oxygen atoms in total.